The van der Waals surface area contributed by atoms with E-state index in [0.717, 1.165) is 24.0 Å². The number of hydrogen-bond acceptors (Lipinski definition) is 8. The summed E-state index contributed by atoms with van der Waals surface area (Å²) in [5.74, 6) is 0.196. The standard InChI is InChI=1S/C32H32N2O6S/c1-4-6-7-18-40-23-14-8-20(9-15-23)28-27(29(35)21-10-12-22(38-3)13-11-21)30(36)31(37)34(28)32-33-25-17-16-24(39-5-2)19-26(25)41-32/h8-17,19,28,35H,4-7,18H2,1-3H3/b29-27+. The molecule has 0 bridgehead atoms. The maximum Gasteiger partial charge on any atom is 0.301 e. The Kier molecular flexibility index (Phi) is 8.54. The Morgan fingerprint density at radius 3 is 2.32 bits per heavy atom. The second-order valence-corrected chi connectivity index (χ2v) is 10.6. The first-order chi connectivity index (χ1) is 19.9. The van der Waals surface area contributed by atoms with Crippen molar-refractivity contribution < 1.29 is 28.9 Å². The number of aromatic nitrogens is 1. The Hall–Kier alpha value is -4.37. The molecule has 1 N–H and O–H groups in total. The molecule has 1 aliphatic heterocycles. The fourth-order valence-electron chi connectivity index (χ4n) is 4.79. The van der Waals surface area contributed by atoms with Gasteiger partial charge in [0.2, 0.25) is 0 Å². The third kappa shape index (κ3) is 5.76. The van der Waals surface area contributed by atoms with E-state index in [0.29, 0.717) is 52.2 Å². The van der Waals surface area contributed by atoms with E-state index in [1.807, 2.05) is 49.4 Å². The molecule has 1 atom stereocenters. The van der Waals surface area contributed by atoms with Crippen LogP contribution in [0.4, 0.5) is 5.13 Å². The topological polar surface area (TPSA) is 98.2 Å². The van der Waals surface area contributed by atoms with Crippen LogP contribution >= 0.6 is 11.3 Å². The lowest BCUT2D eigenvalue weighted by Gasteiger charge is -2.23. The quantitative estimate of drug-likeness (QED) is 0.0904. The van der Waals surface area contributed by atoms with Gasteiger partial charge in [0.25, 0.3) is 5.78 Å². The fraction of sp³-hybridized carbons (Fsp3) is 0.281. The Labute approximate surface area is 242 Å². The number of Topliss-reactive ketones (excluding diaryl/α,β-unsaturated/α-hetero) is 1. The van der Waals surface area contributed by atoms with Gasteiger partial charge in [-0.2, -0.15) is 0 Å². The van der Waals surface area contributed by atoms with Crippen molar-refractivity contribution in [1.82, 2.24) is 4.98 Å². The van der Waals surface area contributed by atoms with Crippen LogP contribution in [0.3, 0.4) is 0 Å². The molecule has 0 radical (unpaired) electrons. The predicted molar refractivity (Wildman–Crippen MR) is 160 cm³/mol. The van der Waals surface area contributed by atoms with Crippen LogP contribution in [0.15, 0.2) is 72.3 Å². The van der Waals surface area contributed by atoms with E-state index >= 15 is 0 Å². The van der Waals surface area contributed by atoms with Crippen molar-refractivity contribution in [2.45, 2.75) is 39.2 Å². The Bertz CT molecular complexity index is 1580. The molecule has 1 aliphatic rings. The molecule has 0 spiro atoms. The van der Waals surface area contributed by atoms with Crippen molar-refractivity contribution in [3.05, 3.63) is 83.4 Å². The summed E-state index contributed by atoms with van der Waals surface area (Å²) < 4.78 is 17.5. The zero-order chi connectivity index (χ0) is 28.9. The van der Waals surface area contributed by atoms with E-state index in [4.69, 9.17) is 19.2 Å². The van der Waals surface area contributed by atoms with E-state index in [-0.39, 0.29) is 11.3 Å². The Morgan fingerprint density at radius 1 is 0.927 bits per heavy atom. The molecule has 0 aliphatic carbocycles. The lowest BCUT2D eigenvalue weighted by molar-refractivity contribution is -0.132. The number of ether oxygens (including phenoxy) is 3. The number of aliphatic hydroxyl groups excluding tert-OH is 1. The number of carbonyl (C=O) groups is 2. The van der Waals surface area contributed by atoms with E-state index < -0.39 is 17.7 Å². The number of rotatable bonds is 11. The van der Waals surface area contributed by atoms with Gasteiger partial charge in [-0.05, 0) is 73.5 Å². The van der Waals surface area contributed by atoms with Crippen LogP contribution in [0, 0.1) is 0 Å². The number of ketones is 1. The lowest BCUT2D eigenvalue weighted by Crippen LogP contribution is -2.29. The number of benzene rings is 3. The van der Waals surface area contributed by atoms with Crippen molar-refractivity contribution in [1.29, 1.82) is 0 Å². The van der Waals surface area contributed by atoms with E-state index in [9.17, 15) is 14.7 Å². The van der Waals surface area contributed by atoms with Gasteiger partial charge in [-0.3, -0.25) is 14.5 Å². The summed E-state index contributed by atoms with van der Waals surface area (Å²) in [5, 5.41) is 11.8. The van der Waals surface area contributed by atoms with E-state index in [1.54, 1.807) is 31.4 Å². The lowest BCUT2D eigenvalue weighted by atomic mass is 9.95. The summed E-state index contributed by atoms with van der Waals surface area (Å²) in [6.45, 7) is 5.18. The molecular formula is C32H32N2O6S. The van der Waals surface area contributed by atoms with E-state index in [2.05, 4.69) is 6.92 Å². The average molecular weight is 573 g/mol. The van der Waals surface area contributed by atoms with Gasteiger partial charge in [0.1, 0.15) is 23.0 Å². The monoisotopic (exact) mass is 572 g/mol. The van der Waals surface area contributed by atoms with Gasteiger partial charge >= 0.3 is 5.91 Å². The van der Waals surface area contributed by atoms with Crippen LogP contribution in [0.25, 0.3) is 16.0 Å². The Balaban J connectivity index is 1.59. The van der Waals surface area contributed by atoms with Crippen molar-refractivity contribution in [3.63, 3.8) is 0 Å². The van der Waals surface area contributed by atoms with Crippen LogP contribution in [0.2, 0.25) is 0 Å². The van der Waals surface area contributed by atoms with Crippen LogP contribution in [-0.4, -0.2) is 42.1 Å². The minimum absolute atomic E-state index is 0.00829. The smallest absolute Gasteiger partial charge is 0.301 e. The van der Waals surface area contributed by atoms with Gasteiger partial charge in [0, 0.05) is 5.56 Å². The number of methoxy groups -OCH3 is 1. The van der Waals surface area contributed by atoms with Gasteiger partial charge in [0.15, 0.2) is 5.13 Å². The molecule has 8 nitrogen and oxygen atoms in total. The number of aliphatic hydroxyl groups is 1. The maximum absolute atomic E-state index is 13.6. The van der Waals surface area contributed by atoms with Crippen LogP contribution in [0.1, 0.15) is 50.3 Å². The summed E-state index contributed by atoms with van der Waals surface area (Å²) in [5.41, 5.74) is 1.72. The first-order valence-corrected chi connectivity index (χ1v) is 14.5. The van der Waals surface area contributed by atoms with Crippen molar-refractivity contribution in [3.8, 4) is 17.2 Å². The molecule has 1 amide bonds. The summed E-state index contributed by atoms with van der Waals surface area (Å²) in [4.78, 5) is 33.2. The number of anilines is 1. The molecule has 1 aromatic heterocycles. The summed E-state index contributed by atoms with van der Waals surface area (Å²) in [6.07, 6.45) is 3.16. The molecule has 4 aromatic rings. The van der Waals surface area contributed by atoms with Crippen molar-refractivity contribution in [2.24, 2.45) is 0 Å². The highest BCUT2D eigenvalue weighted by molar-refractivity contribution is 7.22. The molecular weight excluding hydrogens is 540 g/mol. The normalized spacial score (nSPS) is 16.4. The SMILES string of the molecule is CCCCCOc1ccc(C2/C(=C(\O)c3ccc(OC)cc3)C(=O)C(=O)N2c2nc3ccc(OCC)cc3s2)cc1. The number of nitrogens with zero attached hydrogens (tertiary/aromatic N) is 2. The number of hydrogen-bond donors (Lipinski definition) is 1. The third-order valence-corrected chi connectivity index (χ3v) is 7.90. The molecule has 212 valence electrons. The van der Waals surface area contributed by atoms with E-state index in [1.165, 1.54) is 16.2 Å². The first kappa shape index (κ1) is 28.2. The number of unbranched alkanes of at least 4 members (excludes halogenated alkanes) is 2. The van der Waals surface area contributed by atoms with Gasteiger partial charge in [0.05, 0.1) is 42.2 Å². The Morgan fingerprint density at radius 2 is 1.63 bits per heavy atom. The van der Waals surface area contributed by atoms with Gasteiger partial charge < -0.3 is 19.3 Å². The largest absolute Gasteiger partial charge is 0.507 e. The molecule has 1 unspecified atom stereocenters. The number of fused-ring (bicyclic) bond motifs is 1. The minimum atomic E-state index is -0.891. The molecule has 1 saturated heterocycles. The summed E-state index contributed by atoms with van der Waals surface area (Å²) in [7, 11) is 1.55. The predicted octanol–water partition coefficient (Wildman–Crippen LogP) is 6.90. The second-order valence-electron chi connectivity index (χ2n) is 9.58. The summed E-state index contributed by atoms with van der Waals surface area (Å²) in [6, 6.07) is 18.6. The fourth-order valence-corrected chi connectivity index (χ4v) is 5.81. The highest BCUT2D eigenvalue weighted by atomic mass is 32.1. The second kappa shape index (κ2) is 12.4. The van der Waals surface area contributed by atoms with Gasteiger partial charge in [-0.25, -0.2) is 4.98 Å². The van der Waals surface area contributed by atoms with Gasteiger partial charge in [-0.15, -0.1) is 0 Å². The van der Waals surface area contributed by atoms with Crippen molar-refractivity contribution >= 4 is 44.1 Å². The highest BCUT2D eigenvalue weighted by Crippen LogP contribution is 2.45. The molecule has 1 fully saturated rings. The third-order valence-electron chi connectivity index (χ3n) is 6.89. The molecule has 5 rings (SSSR count). The molecule has 0 saturated carbocycles. The molecule has 3 aromatic carbocycles. The zero-order valence-electron chi connectivity index (χ0n) is 23.3. The molecule has 9 heteroatoms. The first-order valence-electron chi connectivity index (χ1n) is 13.7. The summed E-state index contributed by atoms with van der Waals surface area (Å²) >= 11 is 1.29. The number of amides is 1. The number of thiazole rings is 1. The van der Waals surface area contributed by atoms with Crippen molar-refractivity contribution in [2.75, 3.05) is 25.2 Å². The zero-order valence-corrected chi connectivity index (χ0v) is 24.1. The number of carbonyl (C=O) groups excluding carboxylic acids is 2. The van der Waals surface area contributed by atoms with Crippen LogP contribution in [-0.2, 0) is 9.59 Å². The molecule has 41 heavy (non-hydrogen) atoms. The van der Waals surface area contributed by atoms with Crippen LogP contribution in [0.5, 0.6) is 17.2 Å². The van der Waals surface area contributed by atoms with Gasteiger partial charge in [-0.1, -0.05) is 43.2 Å². The maximum atomic E-state index is 13.6. The average Bonchev–Trinajstić information content (AvgIpc) is 3.53. The molecule has 2 heterocycles. The minimum Gasteiger partial charge on any atom is -0.507 e. The van der Waals surface area contributed by atoms with Crippen LogP contribution < -0.4 is 19.1 Å². The highest BCUT2D eigenvalue weighted by Gasteiger charge is 2.48.